The van der Waals surface area contributed by atoms with Gasteiger partial charge in [0.1, 0.15) is 0 Å². The number of aromatic nitrogens is 1. The normalized spacial score (nSPS) is 22.9. The van der Waals surface area contributed by atoms with Crippen LogP contribution in [-0.2, 0) is 0 Å². The first-order valence-electron chi connectivity index (χ1n) is 5.98. The largest absolute Gasteiger partial charge is 0.297 e. The molecule has 0 N–H and O–H groups in total. The third kappa shape index (κ3) is 2.37. The van der Waals surface area contributed by atoms with Crippen molar-refractivity contribution in [2.75, 3.05) is 13.1 Å². The van der Waals surface area contributed by atoms with Gasteiger partial charge < -0.3 is 0 Å². The van der Waals surface area contributed by atoms with E-state index in [4.69, 9.17) is 0 Å². The van der Waals surface area contributed by atoms with Gasteiger partial charge in [0.15, 0.2) is 0 Å². The van der Waals surface area contributed by atoms with Crippen molar-refractivity contribution >= 4 is 0 Å². The highest BCUT2D eigenvalue weighted by Crippen LogP contribution is 2.30. The molecule has 0 radical (unpaired) electrons. The van der Waals surface area contributed by atoms with E-state index in [1.54, 1.807) is 0 Å². The maximum atomic E-state index is 4.27. The first kappa shape index (κ1) is 10.6. The molecule has 2 nitrogen and oxygen atoms in total. The minimum absolute atomic E-state index is 0.630. The molecule has 2 heteroatoms. The first-order valence-corrected chi connectivity index (χ1v) is 5.98. The molecule has 0 saturated carbocycles. The van der Waals surface area contributed by atoms with E-state index in [0.717, 1.165) is 12.2 Å². The smallest absolute Gasteiger partial charge is 0.0375 e. The number of likely N-dealkylation sites (tertiary alicyclic amines) is 1. The van der Waals surface area contributed by atoms with E-state index in [2.05, 4.69) is 35.9 Å². The van der Waals surface area contributed by atoms with Crippen LogP contribution in [0.5, 0.6) is 0 Å². The lowest BCUT2D eigenvalue weighted by molar-refractivity contribution is 0.157. The fourth-order valence-electron chi connectivity index (χ4n) is 2.52. The number of hydrogen-bond donors (Lipinski definition) is 0. The molecule has 0 bridgehead atoms. The first-order chi connectivity index (χ1) is 7.31. The SMILES string of the molecule is CCN1CCCC[C@H]1c1ccnc(C)c1. The quantitative estimate of drug-likeness (QED) is 0.736. The average Bonchev–Trinajstić information content (AvgIpc) is 2.29. The van der Waals surface area contributed by atoms with E-state index in [1.165, 1.54) is 31.4 Å². The molecule has 1 aromatic heterocycles. The Morgan fingerprint density at radius 3 is 3.07 bits per heavy atom. The van der Waals surface area contributed by atoms with Crippen molar-refractivity contribution in [3.8, 4) is 0 Å². The number of pyridine rings is 1. The zero-order chi connectivity index (χ0) is 10.7. The number of hydrogen-bond acceptors (Lipinski definition) is 2. The van der Waals surface area contributed by atoms with E-state index in [0.29, 0.717) is 6.04 Å². The van der Waals surface area contributed by atoms with Gasteiger partial charge in [-0.15, -0.1) is 0 Å². The summed E-state index contributed by atoms with van der Waals surface area (Å²) in [5.74, 6) is 0. The van der Waals surface area contributed by atoms with Crippen molar-refractivity contribution in [2.24, 2.45) is 0 Å². The van der Waals surface area contributed by atoms with E-state index in [9.17, 15) is 0 Å². The maximum Gasteiger partial charge on any atom is 0.0375 e. The average molecular weight is 204 g/mol. The van der Waals surface area contributed by atoms with Crippen LogP contribution in [0.25, 0.3) is 0 Å². The van der Waals surface area contributed by atoms with Crippen molar-refractivity contribution in [1.29, 1.82) is 0 Å². The number of nitrogens with zero attached hydrogens (tertiary/aromatic N) is 2. The second kappa shape index (κ2) is 4.75. The predicted molar refractivity (Wildman–Crippen MR) is 62.8 cm³/mol. The van der Waals surface area contributed by atoms with Crippen LogP contribution in [0.4, 0.5) is 0 Å². The molecule has 1 aliphatic heterocycles. The van der Waals surface area contributed by atoms with Gasteiger partial charge in [-0.25, -0.2) is 0 Å². The summed E-state index contributed by atoms with van der Waals surface area (Å²) < 4.78 is 0. The van der Waals surface area contributed by atoms with Crippen LogP contribution in [0.1, 0.15) is 43.5 Å². The fourth-order valence-corrected chi connectivity index (χ4v) is 2.52. The highest BCUT2D eigenvalue weighted by Gasteiger charge is 2.22. The van der Waals surface area contributed by atoms with Crippen molar-refractivity contribution in [1.82, 2.24) is 9.88 Å². The van der Waals surface area contributed by atoms with Gasteiger partial charge in [0, 0.05) is 17.9 Å². The fraction of sp³-hybridized carbons (Fsp3) is 0.615. The van der Waals surface area contributed by atoms with Crippen LogP contribution >= 0.6 is 0 Å². The summed E-state index contributed by atoms with van der Waals surface area (Å²) in [7, 11) is 0. The van der Waals surface area contributed by atoms with Crippen molar-refractivity contribution < 1.29 is 0 Å². The minimum atomic E-state index is 0.630. The van der Waals surface area contributed by atoms with E-state index >= 15 is 0 Å². The highest BCUT2D eigenvalue weighted by molar-refractivity contribution is 5.20. The Kier molecular flexibility index (Phi) is 3.37. The lowest BCUT2D eigenvalue weighted by atomic mass is 9.95. The second-order valence-corrected chi connectivity index (χ2v) is 4.37. The number of piperidine rings is 1. The number of aryl methyl sites for hydroxylation is 1. The molecule has 2 heterocycles. The topological polar surface area (TPSA) is 16.1 Å². The van der Waals surface area contributed by atoms with Crippen LogP contribution in [0, 0.1) is 6.92 Å². The Morgan fingerprint density at radius 2 is 2.33 bits per heavy atom. The minimum Gasteiger partial charge on any atom is -0.297 e. The van der Waals surface area contributed by atoms with Gasteiger partial charge in [0.25, 0.3) is 0 Å². The van der Waals surface area contributed by atoms with Crippen LogP contribution < -0.4 is 0 Å². The lowest BCUT2D eigenvalue weighted by Crippen LogP contribution is -2.33. The van der Waals surface area contributed by atoms with Crippen molar-refractivity contribution in [2.45, 2.75) is 39.2 Å². The third-order valence-corrected chi connectivity index (χ3v) is 3.33. The predicted octanol–water partition coefficient (Wildman–Crippen LogP) is 2.94. The van der Waals surface area contributed by atoms with Gasteiger partial charge in [-0.1, -0.05) is 13.3 Å². The Bertz CT molecular complexity index is 322. The summed E-state index contributed by atoms with van der Waals surface area (Å²) in [4.78, 5) is 6.85. The summed E-state index contributed by atoms with van der Waals surface area (Å²) in [5, 5.41) is 0. The van der Waals surface area contributed by atoms with Crippen LogP contribution in [-0.4, -0.2) is 23.0 Å². The summed E-state index contributed by atoms with van der Waals surface area (Å²) in [6.07, 6.45) is 5.96. The molecule has 82 valence electrons. The Labute approximate surface area is 92.3 Å². The van der Waals surface area contributed by atoms with Gasteiger partial charge in [0.2, 0.25) is 0 Å². The molecular weight excluding hydrogens is 184 g/mol. The van der Waals surface area contributed by atoms with Crippen LogP contribution in [0.15, 0.2) is 18.3 Å². The molecule has 2 rings (SSSR count). The summed E-state index contributed by atoms with van der Waals surface area (Å²) >= 11 is 0. The zero-order valence-corrected chi connectivity index (χ0v) is 9.74. The Balaban J connectivity index is 2.20. The van der Waals surface area contributed by atoms with Gasteiger partial charge in [0.05, 0.1) is 0 Å². The van der Waals surface area contributed by atoms with Crippen LogP contribution in [0.2, 0.25) is 0 Å². The Hall–Kier alpha value is -0.890. The van der Waals surface area contributed by atoms with E-state index in [-0.39, 0.29) is 0 Å². The molecule has 1 fully saturated rings. The molecule has 0 spiro atoms. The molecule has 0 amide bonds. The molecule has 1 saturated heterocycles. The van der Waals surface area contributed by atoms with Gasteiger partial charge in [-0.2, -0.15) is 0 Å². The third-order valence-electron chi connectivity index (χ3n) is 3.33. The maximum absolute atomic E-state index is 4.27. The molecule has 1 atom stereocenters. The standard InChI is InChI=1S/C13H20N2/c1-3-15-9-5-4-6-13(15)12-7-8-14-11(2)10-12/h7-8,10,13H,3-6,9H2,1-2H3/t13-/m0/s1. The molecule has 0 aromatic carbocycles. The van der Waals surface area contributed by atoms with Crippen LogP contribution in [0.3, 0.4) is 0 Å². The lowest BCUT2D eigenvalue weighted by Gasteiger charge is -2.35. The van der Waals surface area contributed by atoms with Gasteiger partial charge in [-0.3, -0.25) is 9.88 Å². The summed E-state index contributed by atoms with van der Waals surface area (Å²) in [6, 6.07) is 5.04. The molecule has 15 heavy (non-hydrogen) atoms. The molecular formula is C13H20N2. The van der Waals surface area contributed by atoms with Crippen molar-refractivity contribution in [3.05, 3.63) is 29.6 Å². The van der Waals surface area contributed by atoms with E-state index < -0.39 is 0 Å². The van der Waals surface area contributed by atoms with E-state index in [1.807, 2.05) is 6.20 Å². The Morgan fingerprint density at radius 1 is 1.47 bits per heavy atom. The summed E-state index contributed by atoms with van der Waals surface area (Å²) in [6.45, 7) is 6.74. The molecule has 1 aromatic rings. The monoisotopic (exact) mass is 204 g/mol. The molecule has 1 aliphatic rings. The number of rotatable bonds is 2. The molecule has 0 aliphatic carbocycles. The van der Waals surface area contributed by atoms with Gasteiger partial charge >= 0.3 is 0 Å². The van der Waals surface area contributed by atoms with Crippen molar-refractivity contribution in [3.63, 3.8) is 0 Å². The second-order valence-electron chi connectivity index (χ2n) is 4.37. The molecule has 0 unspecified atom stereocenters. The summed E-state index contributed by atoms with van der Waals surface area (Å²) in [5.41, 5.74) is 2.58. The zero-order valence-electron chi connectivity index (χ0n) is 9.74. The van der Waals surface area contributed by atoms with Gasteiger partial charge in [-0.05, 0) is 50.6 Å². The highest BCUT2D eigenvalue weighted by atomic mass is 15.2.